The second kappa shape index (κ2) is 7.90. The van der Waals surface area contributed by atoms with Crippen LogP contribution in [0.2, 0.25) is 0 Å². The van der Waals surface area contributed by atoms with Crippen molar-refractivity contribution in [2.75, 3.05) is 5.32 Å². The Morgan fingerprint density at radius 1 is 1.12 bits per heavy atom. The molecule has 3 rings (SSSR count). The van der Waals surface area contributed by atoms with Gasteiger partial charge in [-0.15, -0.1) is 0 Å². The molecule has 3 aromatic rings. The fourth-order valence-corrected chi connectivity index (χ4v) is 2.67. The zero-order valence-electron chi connectivity index (χ0n) is 13.6. The van der Waals surface area contributed by atoms with E-state index in [1.54, 1.807) is 0 Å². The molecule has 0 atom stereocenters. The minimum atomic E-state index is -0.312. The van der Waals surface area contributed by atoms with Gasteiger partial charge in [0.15, 0.2) is 0 Å². The topological polar surface area (TPSA) is 64.1 Å². The number of aromatic nitrogens is 2. The van der Waals surface area contributed by atoms with E-state index in [4.69, 9.17) is 4.74 Å². The Balaban J connectivity index is 1.62. The number of anilines is 1. The molecule has 1 aromatic heterocycles. The van der Waals surface area contributed by atoms with E-state index in [2.05, 4.69) is 31.2 Å². The smallest absolute Gasteiger partial charge is 0.275 e. The standard InChI is InChI=1S/C19H16BrN3O2/c1-13-9-15(20)7-8-16(13)23-19(24)17-10-22-18(11-21-17)25-12-14-5-3-2-4-6-14/h2-11H,12H2,1H3,(H,23,24). The number of benzene rings is 2. The van der Waals surface area contributed by atoms with Crippen molar-refractivity contribution >= 4 is 27.5 Å². The molecule has 0 unspecified atom stereocenters. The summed E-state index contributed by atoms with van der Waals surface area (Å²) in [5.41, 5.74) is 2.96. The van der Waals surface area contributed by atoms with Gasteiger partial charge in [-0.25, -0.2) is 9.97 Å². The molecule has 5 nitrogen and oxygen atoms in total. The lowest BCUT2D eigenvalue weighted by molar-refractivity contribution is 0.102. The van der Waals surface area contributed by atoms with Gasteiger partial charge in [0.25, 0.3) is 5.91 Å². The first-order chi connectivity index (χ1) is 12.1. The van der Waals surface area contributed by atoms with Crippen LogP contribution in [-0.4, -0.2) is 15.9 Å². The Kier molecular flexibility index (Phi) is 5.40. The Morgan fingerprint density at radius 2 is 1.92 bits per heavy atom. The third-order valence-electron chi connectivity index (χ3n) is 3.53. The lowest BCUT2D eigenvalue weighted by Crippen LogP contribution is -2.15. The van der Waals surface area contributed by atoms with Gasteiger partial charge in [0.2, 0.25) is 5.88 Å². The van der Waals surface area contributed by atoms with Gasteiger partial charge in [-0.1, -0.05) is 46.3 Å². The number of hydrogen-bond acceptors (Lipinski definition) is 4. The zero-order valence-corrected chi connectivity index (χ0v) is 15.2. The van der Waals surface area contributed by atoms with Crippen LogP contribution in [-0.2, 0) is 6.61 Å². The van der Waals surface area contributed by atoms with Crippen molar-refractivity contribution in [3.8, 4) is 5.88 Å². The summed E-state index contributed by atoms with van der Waals surface area (Å²) >= 11 is 3.40. The van der Waals surface area contributed by atoms with Crippen LogP contribution in [0.4, 0.5) is 5.69 Å². The van der Waals surface area contributed by atoms with E-state index in [1.165, 1.54) is 12.4 Å². The number of ether oxygens (including phenoxy) is 1. The number of halogens is 1. The van der Waals surface area contributed by atoms with Crippen LogP contribution in [0.25, 0.3) is 0 Å². The monoisotopic (exact) mass is 397 g/mol. The predicted octanol–water partition coefficient (Wildman–Crippen LogP) is 4.38. The molecule has 0 spiro atoms. The van der Waals surface area contributed by atoms with Gasteiger partial charge in [-0.2, -0.15) is 0 Å². The molecule has 0 saturated carbocycles. The number of carbonyl (C=O) groups is 1. The van der Waals surface area contributed by atoms with Crippen LogP contribution in [0, 0.1) is 6.92 Å². The van der Waals surface area contributed by atoms with E-state index in [1.807, 2.05) is 55.5 Å². The second-order valence-electron chi connectivity index (χ2n) is 5.43. The van der Waals surface area contributed by atoms with Gasteiger partial charge < -0.3 is 10.1 Å². The normalized spacial score (nSPS) is 10.3. The van der Waals surface area contributed by atoms with Crippen molar-refractivity contribution in [3.05, 3.63) is 82.2 Å². The number of aryl methyl sites for hydroxylation is 1. The van der Waals surface area contributed by atoms with Gasteiger partial charge in [-0.05, 0) is 36.2 Å². The summed E-state index contributed by atoms with van der Waals surface area (Å²) in [6.45, 7) is 2.33. The van der Waals surface area contributed by atoms with Crippen LogP contribution in [0.1, 0.15) is 21.6 Å². The fourth-order valence-electron chi connectivity index (χ4n) is 2.19. The average Bonchev–Trinajstić information content (AvgIpc) is 2.63. The van der Waals surface area contributed by atoms with Crippen LogP contribution in [0.5, 0.6) is 5.88 Å². The minimum Gasteiger partial charge on any atom is -0.472 e. The molecule has 2 aromatic carbocycles. The Bertz CT molecular complexity index is 868. The summed E-state index contributed by atoms with van der Waals surface area (Å²) < 4.78 is 6.53. The molecule has 0 fully saturated rings. The largest absolute Gasteiger partial charge is 0.472 e. The van der Waals surface area contributed by atoms with Crippen molar-refractivity contribution < 1.29 is 9.53 Å². The maximum absolute atomic E-state index is 12.3. The van der Waals surface area contributed by atoms with Crippen molar-refractivity contribution in [2.24, 2.45) is 0 Å². The third-order valence-corrected chi connectivity index (χ3v) is 4.02. The summed E-state index contributed by atoms with van der Waals surface area (Å²) in [7, 11) is 0. The lowest BCUT2D eigenvalue weighted by atomic mass is 10.2. The minimum absolute atomic E-state index is 0.231. The van der Waals surface area contributed by atoms with E-state index >= 15 is 0 Å². The third kappa shape index (κ3) is 4.64. The van der Waals surface area contributed by atoms with E-state index in [0.29, 0.717) is 12.5 Å². The molecule has 0 aliphatic carbocycles. The first-order valence-electron chi connectivity index (χ1n) is 7.68. The molecule has 25 heavy (non-hydrogen) atoms. The van der Waals surface area contributed by atoms with Crippen LogP contribution in [0.3, 0.4) is 0 Å². The molecule has 126 valence electrons. The molecule has 0 radical (unpaired) electrons. The highest BCUT2D eigenvalue weighted by molar-refractivity contribution is 9.10. The van der Waals surface area contributed by atoms with Gasteiger partial charge in [0.05, 0.1) is 12.4 Å². The van der Waals surface area contributed by atoms with Crippen molar-refractivity contribution in [1.29, 1.82) is 0 Å². The molecule has 0 aliphatic rings. The highest BCUT2D eigenvalue weighted by Gasteiger charge is 2.10. The first-order valence-corrected chi connectivity index (χ1v) is 8.47. The van der Waals surface area contributed by atoms with Gasteiger partial charge in [-0.3, -0.25) is 4.79 Å². The first kappa shape index (κ1) is 17.1. The van der Waals surface area contributed by atoms with Crippen LogP contribution >= 0.6 is 15.9 Å². The number of carbonyl (C=O) groups excluding carboxylic acids is 1. The Labute approximate surface area is 154 Å². The van der Waals surface area contributed by atoms with E-state index in [9.17, 15) is 4.79 Å². The highest BCUT2D eigenvalue weighted by Crippen LogP contribution is 2.20. The van der Waals surface area contributed by atoms with Crippen molar-refractivity contribution in [2.45, 2.75) is 13.5 Å². The SMILES string of the molecule is Cc1cc(Br)ccc1NC(=O)c1cnc(OCc2ccccc2)cn1. The summed E-state index contributed by atoms with van der Waals surface area (Å²) in [6.07, 6.45) is 2.86. The Morgan fingerprint density at radius 3 is 2.60 bits per heavy atom. The fraction of sp³-hybridized carbons (Fsp3) is 0.105. The van der Waals surface area contributed by atoms with E-state index in [0.717, 1.165) is 21.3 Å². The maximum atomic E-state index is 12.3. The predicted molar refractivity (Wildman–Crippen MR) is 99.6 cm³/mol. The van der Waals surface area contributed by atoms with Gasteiger partial charge in [0.1, 0.15) is 12.3 Å². The summed E-state index contributed by atoms with van der Waals surface area (Å²) in [5.74, 6) is 0.0627. The number of nitrogens with one attached hydrogen (secondary N) is 1. The number of amides is 1. The highest BCUT2D eigenvalue weighted by atomic mass is 79.9. The second-order valence-corrected chi connectivity index (χ2v) is 6.34. The summed E-state index contributed by atoms with van der Waals surface area (Å²) in [6, 6.07) is 15.4. The number of nitrogens with zero attached hydrogens (tertiary/aromatic N) is 2. The molecule has 0 bridgehead atoms. The average molecular weight is 398 g/mol. The molecule has 0 saturated heterocycles. The zero-order chi connectivity index (χ0) is 17.6. The van der Waals surface area contributed by atoms with Crippen molar-refractivity contribution in [3.63, 3.8) is 0 Å². The molecule has 1 heterocycles. The molecular weight excluding hydrogens is 382 g/mol. The van der Waals surface area contributed by atoms with Gasteiger partial charge in [0, 0.05) is 10.2 Å². The molecule has 1 N–H and O–H groups in total. The van der Waals surface area contributed by atoms with Crippen LogP contribution < -0.4 is 10.1 Å². The number of hydrogen-bond donors (Lipinski definition) is 1. The molecular formula is C19H16BrN3O2. The Hall–Kier alpha value is -2.73. The van der Waals surface area contributed by atoms with E-state index in [-0.39, 0.29) is 11.6 Å². The summed E-state index contributed by atoms with van der Waals surface area (Å²) in [4.78, 5) is 20.5. The quantitative estimate of drug-likeness (QED) is 0.693. The van der Waals surface area contributed by atoms with Crippen LogP contribution in [0.15, 0.2) is 65.4 Å². The number of rotatable bonds is 5. The molecule has 6 heteroatoms. The lowest BCUT2D eigenvalue weighted by Gasteiger charge is -2.09. The molecule has 0 aliphatic heterocycles. The summed E-state index contributed by atoms with van der Waals surface area (Å²) in [5, 5.41) is 2.83. The van der Waals surface area contributed by atoms with E-state index < -0.39 is 0 Å². The van der Waals surface area contributed by atoms with Gasteiger partial charge >= 0.3 is 0 Å². The molecule has 1 amide bonds. The maximum Gasteiger partial charge on any atom is 0.275 e. The van der Waals surface area contributed by atoms with Crippen molar-refractivity contribution in [1.82, 2.24) is 9.97 Å².